The van der Waals surface area contributed by atoms with E-state index in [0.29, 0.717) is 5.69 Å². The van der Waals surface area contributed by atoms with Crippen LogP contribution in [0.1, 0.15) is 22.3 Å². The summed E-state index contributed by atoms with van der Waals surface area (Å²) in [5.41, 5.74) is 0.755. The molecule has 2 amide bonds. The summed E-state index contributed by atoms with van der Waals surface area (Å²) in [6.45, 7) is 0. The Morgan fingerprint density at radius 2 is 1.94 bits per heavy atom. The largest absolute Gasteiger partial charge is 0.493 e. The molecule has 0 saturated carbocycles. The van der Waals surface area contributed by atoms with E-state index in [1.807, 2.05) is 6.07 Å². The summed E-state index contributed by atoms with van der Waals surface area (Å²) in [7, 11) is 2.74. The molecule has 10 nitrogen and oxygen atoms in total. The van der Waals surface area contributed by atoms with Gasteiger partial charge in [-0.2, -0.15) is 5.10 Å². The number of carbonyl (C=O) groups excluding carboxylic acids is 2. The minimum Gasteiger partial charge on any atom is -0.493 e. The van der Waals surface area contributed by atoms with Crippen LogP contribution in [0.5, 0.6) is 11.5 Å². The number of carboxylic acid groups (broad SMARTS) is 1. The first kappa shape index (κ1) is 22.8. The van der Waals surface area contributed by atoms with Gasteiger partial charge in [0.05, 0.1) is 20.4 Å². The Kier molecular flexibility index (Phi) is 7.45. The summed E-state index contributed by atoms with van der Waals surface area (Å²) in [6.07, 6.45) is 1.20. The quantitative estimate of drug-likeness (QED) is 0.409. The first-order chi connectivity index (χ1) is 15.4. The van der Waals surface area contributed by atoms with Crippen molar-refractivity contribution in [2.75, 3.05) is 19.5 Å². The van der Waals surface area contributed by atoms with Crippen molar-refractivity contribution < 1.29 is 29.0 Å². The molecule has 1 saturated heterocycles. The highest BCUT2D eigenvalue weighted by Crippen LogP contribution is 2.33. The number of carboxylic acids is 1. The van der Waals surface area contributed by atoms with Crippen LogP contribution in [0, 0.1) is 0 Å². The fraction of sp³-hybridized carbons (Fsp3) is 0.190. The molecule has 0 aromatic heterocycles. The van der Waals surface area contributed by atoms with Crippen molar-refractivity contribution in [2.24, 2.45) is 10.2 Å². The van der Waals surface area contributed by atoms with Crippen molar-refractivity contribution >= 4 is 46.6 Å². The summed E-state index contributed by atoms with van der Waals surface area (Å²) in [5, 5.41) is 22.2. The zero-order valence-electron chi connectivity index (χ0n) is 17.2. The summed E-state index contributed by atoms with van der Waals surface area (Å²) < 4.78 is 10.3. The summed E-state index contributed by atoms with van der Waals surface area (Å²) >= 11 is 1.07. The molecular weight excluding hydrogens is 436 g/mol. The van der Waals surface area contributed by atoms with Crippen molar-refractivity contribution in [3.8, 4) is 11.5 Å². The normalized spacial score (nSPS) is 16.8. The minimum absolute atomic E-state index is 0.0348. The van der Waals surface area contributed by atoms with Crippen LogP contribution in [0.15, 0.2) is 52.7 Å². The molecule has 0 radical (unpaired) electrons. The number of thioether (sulfide) groups is 1. The van der Waals surface area contributed by atoms with Crippen molar-refractivity contribution in [1.29, 1.82) is 0 Å². The van der Waals surface area contributed by atoms with Gasteiger partial charge in [-0.3, -0.25) is 9.59 Å². The number of hydrogen-bond acceptors (Lipinski definition) is 8. The van der Waals surface area contributed by atoms with Gasteiger partial charge < -0.3 is 25.2 Å². The first-order valence-electron chi connectivity index (χ1n) is 9.34. The fourth-order valence-corrected chi connectivity index (χ4v) is 3.83. The lowest BCUT2D eigenvalue weighted by Crippen LogP contribution is -2.28. The number of nitrogens with zero attached hydrogens (tertiary/aromatic N) is 2. The molecule has 1 heterocycles. The average molecular weight is 456 g/mol. The fourth-order valence-electron chi connectivity index (χ4n) is 2.90. The van der Waals surface area contributed by atoms with Gasteiger partial charge in [0.25, 0.3) is 0 Å². The highest BCUT2D eigenvalue weighted by Gasteiger charge is 2.32. The van der Waals surface area contributed by atoms with E-state index in [0.717, 1.165) is 11.8 Å². The van der Waals surface area contributed by atoms with Gasteiger partial charge in [-0.1, -0.05) is 30.0 Å². The van der Waals surface area contributed by atoms with Gasteiger partial charge in [-0.25, -0.2) is 4.79 Å². The lowest BCUT2D eigenvalue weighted by molar-refractivity contribution is -0.122. The molecule has 1 aliphatic rings. The molecule has 3 N–H and O–H groups in total. The zero-order chi connectivity index (χ0) is 23.1. The molecule has 166 valence electrons. The number of amides is 2. The maximum atomic E-state index is 12.2. The van der Waals surface area contributed by atoms with Gasteiger partial charge >= 0.3 is 5.97 Å². The third-order valence-corrected chi connectivity index (χ3v) is 5.41. The number of rotatable bonds is 8. The van der Waals surface area contributed by atoms with Gasteiger partial charge in [-0.05, 0) is 24.3 Å². The van der Waals surface area contributed by atoms with E-state index in [1.54, 1.807) is 30.3 Å². The molecule has 11 heteroatoms. The molecule has 0 unspecified atom stereocenters. The Labute approximate surface area is 187 Å². The van der Waals surface area contributed by atoms with E-state index in [1.165, 1.54) is 26.5 Å². The number of para-hydroxylation sites is 1. The molecule has 1 fully saturated rings. The highest BCUT2D eigenvalue weighted by atomic mass is 32.2. The second-order valence-electron chi connectivity index (χ2n) is 6.43. The number of anilines is 1. The Balaban J connectivity index is 1.68. The van der Waals surface area contributed by atoms with E-state index < -0.39 is 11.2 Å². The monoisotopic (exact) mass is 456 g/mol. The van der Waals surface area contributed by atoms with Gasteiger partial charge in [0.15, 0.2) is 16.7 Å². The summed E-state index contributed by atoms with van der Waals surface area (Å²) in [4.78, 5) is 36.0. The SMILES string of the molecule is COc1ccc(/C=N\N=C2\NC(=O)[C@H](CC(=O)Nc3ccccc3)S2)c(C(=O)O)c1OC. The molecule has 0 aliphatic carbocycles. The Bertz CT molecular complexity index is 1090. The number of nitrogens with one attached hydrogen (secondary N) is 2. The van der Waals surface area contributed by atoms with Crippen molar-refractivity contribution in [3.63, 3.8) is 0 Å². The Morgan fingerprint density at radius 3 is 2.59 bits per heavy atom. The van der Waals surface area contributed by atoms with E-state index >= 15 is 0 Å². The smallest absolute Gasteiger partial charge is 0.340 e. The standard InChI is InChI=1S/C21H20N4O6S/c1-30-14-9-8-12(17(20(28)29)18(14)31-2)11-22-25-21-24-19(27)15(32-21)10-16(26)23-13-6-4-3-5-7-13/h3-9,11,15H,10H2,1-2H3,(H,23,26)(H,28,29)(H,24,25,27)/b22-11-/t15-/m0/s1. The van der Waals surface area contributed by atoms with Crippen LogP contribution in [0.2, 0.25) is 0 Å². The van der Waals surface area contributed by atoms with Crippen LogP contribution < -0.4 is 20.1 Å². The van der Waals surface area contributed by atoms with Crippen LogP contribution >= 0.6 is 11.8 Å². The van der Waals surface area contributed by atoms with Crippen molar-refractivity contribution in [2.45, 2.75) is 11.7 Å². The number of ether oxygens (including phenoxy) is 2. The minimum atomic E-state index is -1.22. The molecule has 3 rings (SSSR count). The maximum absolute atomic E-state index is 12.2. The number of hydrogen-bond donors (Lipinski definition) is 3. The van der Waals surface area contributed by atoms with Crippen LogP contribution in [-0.2, 0) is 9.59 Å². The third-order valence-electron chi connectivity index (χ3n) is 4.34. The Hall–Kier alpha value is -3.86. The van der Waals surface area contributed by atoms with E-state index in [-0.39, 0.29) is 46.0 Å². The Morgan fingerprint density at radius 1 is 1.19 bits per heavy atom. The van der Waals surface area contributed by atoms with Crippen LogP contribution in [-0.4, -0.2) is 53.7 Å². The molecule has 0 spiro atoms. The van der Waals surface area contributed by atoms with Gasteiger partial charge in [-0.15, -0.1) is 5.10 Å². The molecule has 1 atom stereocenters. The lowest BCUT2D eigenvalue weighted by Gasteiger charge is -2.11. The molecule has 32 heavy (non-hydrogen) atoms. The summed E-state index contributed by atoms with van der Waals surface area (Å²) in [6, 6.07) is 12.0. The molecule has 2 aromatic carbocycles. The molecule has 2 aromatic rings. The topological polar surface area (TPSA) is 139 Å². The second kappa shape index (κ2) is 10.4. The number of carbonyl (C=O) groups is 3. The number of methoxy groups -OCH3 is 2. The zero-order valence-corrected chi connectivity index (χ0v) is 18.0. The van der Waals surface area contributed by atoms with Gasteiger partial charge in [0, 0.05) is 17.7 Å². The van der Waals surface area contributed by atoms with Crippen LogP contribution in [0.25, 0.3) is 0 Å². The number of amidine groups is 1. The molecule has 1 aliphatic heterocycles. The van der Waals surface area contributed by atoms with E-state index in [2.05, 4.69) is 20.8 Å². The third kappa shape index (κ3) is 5.43. The van der Waals surface area contributed by atoms with Crippen molar-refractivity contribution in [1.82, 2.24) is 5.32 Å². The van der Waals surface area contributed by atoms with Crippen LogP contribution in [0.3, 0.4) is 0 Å². The number of aromatic carboxylic acids is 1. The predicted molar refractivity (Wildman–Crippen MR) is 121 cm³/mol. The number of benzene rings is 2. The van der Waals surface area contributed by atoms with E-state index in [4.69, 9.17) is 9.47 Å². The highest BCUT2D eigenvalue weighted by molar-refractivity contribution is 8.15. The average Bonchev–Trinajstić information content (AvgIpc) is 3.12. The van der Waals surface area contributed by atoms with Gasteiger partial charge in [0.2, 0.25) is 11.8 Å². The van der Waals surface area contributed by atoms with E-state index in [9.17, 15) is 19.5 Å². The maximum Gasteiger partial charge on any atom is 0.340 e. The lowest BCUT2D eigenvalue weighted by atomic mass is 10.1. The first-order valence-corrected chi connectivity index (χ1v) is 10.2. The van der Waals surface area contributed by atoms with Crippen LogP contribution in [0.4, 0.5) is 5.69 Å². The molecular formula is C21H20N4O6S. The molecule has 0 bridgehead atoms. The van der Waals surface area contributed by atoms with Crippen molar-refractivity contribution in [3.05, 3.63) is 53.6 Å². The second-order valence-corrected chi connectivity index (χ2v) is 7.63. The van der Waals surface area contributed by atoms with Gasteiger partial charge in [0.1, 0.15) is 10.8 Å². The predicted octanol–water partition coefficient (Wildman–Crippen LogP) is 2.35. The summed E-state index contributed by atoms with van der Waals surface area (Å²) in [5.74, 6) is -1.55.